The second-order valence-electron chi connectivity index (χ2n) is 4.28. The van der Waals surface area contributed by atoms with E-state index in [4.69, 9.17) is 9.84 Å². The summed E-state index contributed by atoms with van der Waals surface area (Å²) in [5, 5.41) is 11.9. The molecule has 0 radical (unpaired) electrons. The van der Waals surface area contributed by atoms with Gasteiger partial charge in [-0.2, -0.15) is 0 Å². The van der Waals surface area contributed by atoms with Gasteiger partial charge in [0.2, 0.25) is 5.91 Å². The minimum absolute atomic E-state index is 0.0205. The summed E-state index contributed by atoms with van der Waals surface area (Å²) in [6.07, 6.45) is 0. The Labute approximate surface area is 114 Å². The molecule has 0 aliphatic heterocycles. The molecule has 0 spiro atoms. The van der Waals surface area contributed by atoms with E-state index in [9.17, 15) is 4.79 Å². The second-order valence-corrected chi connectivity index (χ2v) is 4.28. The fourth-order valence-electron chi connectivity index (χ4n) is 1.77. The molecule has 1 amide bonds. The van der Waals surface area contributed by atoms with E-state index in [1.165, 1.54) is 0 Å². The van der Waals surface area contributed by atoms with Crippen LogP contribution in [0.4, 0.5) is 5.69 Å². The predicted molar refractivity (Wildman–Crippen MR) is 75.1 cm³/mol. The van der Waals surface area contributed by atoms with E-state index in [1.54, 1.807) is 7.11 Å². The van der Waals surface area contributed by atoms with E-state index in [1.807, 2.05) is 42.2 Å². The molecule has 1 rings (SSSR count). The van der Waals surface area contributed by atoms with Crippen LogP contribution >= 0.6 is 0 Å². The van der Waals surface area contributed by atoms with Gasteiger partial charge in [-0.25, -0.2) is 0 Å². The number of carbonyl (C=O) groups is 1. The molecule has 0 saturated heterocycles. The molecule has 1 aromatic rings. The van der Waals surface area contributed by atoms with E-state index in [2.05, 4.69) is 5.32 Å². The minimum atomic E-state index is -0.317. The van der Waals surface area contributed by atoms with Gasteiger partial charge in [-0.3, -0.25) is 9.69 Å². The Morgan fingerprint density at radius 2 is 2.05 bits per heavy atom. The number of hydrogen-bond acceptors (Lipinski definition) is 4. The molecule has 106 valence electrons. The third-order valence-corrected chi connectivity index (χ3v) is 2.94. The minimum Gasteiger partial charge on any atom is -0.395 e. The number of amides is 1. The van der Waals surface area contributed by atoms with Crippen LogP contribution in [0, 0.1) is 0 Å². The Bertz CT molecular complexity index is 370. The van der Waals surface area contributed by atoms with E-state index in [0.29, 0.717) is 19.7 Å². The number of carbonyl (C=O) groups excluding carboxylic acids is 1. The van der Waals surface area contributed by atoms with Crippen LogP contribution in [-0.2, 0) is 9.53 Å². The second kappa shape index (κ2) is 8.63. The van der Waals surface area contributed by atoms with Gasteiger partial charge in [0.25, 0.3) is 0 Å². The molecular weight excluding hydrogens is 244 g/mol. The van der Waals surface area contributed by atoms with Crippen LogP contribution in [0.3, 0.4) is 0 Å². The lowest BCUT2D eigenvalue weighted by Gasteiger charge is -2.27. The largest absolute Gasteiger partial charge is 0.395 e. The maximum absolute atomic E-state index is 12.1. The van der Waals surface area contributed by atoms with Crippen molar-refractivity contribution in [2.75, 3.05) is 38.7 Å². The smallest absolute Gasteiger partial charge is 0.241 e. The summed E-state index contributed by atoms with van der Waals surface area (Å²) in [4.78, 5) is 14.0. The van der Waals surface area contributed by atoms with Crippen LogP contribution in [-0.4, -0.2) is 55.4 Å². The standard InChI is InChI=1S/C14H22N2O3/c1-12(16(8-10-17)9-11-19-2)14(18)15-13-6-4-3-5-7-13/h3-7,12,17H,8-11H2,1-2H3,(H,15,18). The van der Waals surface area contributed by atoms with Crippen LogP contribution in [0.15, 0.2) is 30.3 Å². The number of nitrogens with one attached hydrogen (secondary N) is 1. The molecule has 1 atom stereocenters. The number of benzene rings is 1. The zero-order chi connectivity index (χ0) is 14.1. The summed E-state index contributed by atoms with van der Waals surface area (Å²) in [7, 11) is 1.62. The van der Waals surface area contributed by atoms with Crippen LogP contribution in [0.5, 0.6) is 0 Å². The molecule has 0 bridgehead atoms. The van der Waals surface area contributed by atoms with Crippen molar-refractivity contribution < 1.29 is 14.6 Å². The molecule has 5 heteroatoms. The predicted octanol–water partition coefficient (Wildman–Crippen LogP) is 0.954. The number of anilines is 1. The number of aliphatic hydroxyl groups excluding tert-OH is 1. The van der Waals surface area contributed by atoms with E-state index in [-0.39, 0.29) is 18.6 Å². The molecule has 0 aromatic heterocycles. The Balaban J connectivity index is 2.57. The fraction of sp³-hybridized carbons (Fsp3) is 0.500. The van der Waals surface area contributed by atoms with Gasteiger partial charge in [-0.05, 0) is 19.1 Å². The van der Waals surface area contributed by atoms with Gasteiger partial charge in [0.1, 0.15) is 0 Å². The van der Waals surface area contributed by atoms with E-state index >= 15 is 0 Å². The van der Waals surface area contributed by atoms with Gasteiger partial charge in [0, 0.05) is 25.9 Å². The molecule has 19 heavy (non-hydrogen) atoms. The highest BCUT2D eigenvalue weighted by molar-refractivity contribution is 5.94. The molecule has 0 aliphatic rings. The summed E-state index contributed by atoms with van der Waals surface area (Å²) >= 11 is 0. The third kappa shape index (κ3) is 5.38. The van der Waals surface area contributed by atoms with Crippen LogP contribution in [0.25, 0.3) is 0 Å². The zero-order valence-electron chi connectivity index (χ0n) is 11.5. The lowest BCUT2D eigenvalue weighted by molar-refractivity contribution is -0.121. The van der Waals surface area contributed by atoms with Crippen molar-refractivity contribution >= 4 is 11.6 Å². The van der Waals surface area contributed by atoms with Crippen molar-refractivity contribution in [1.29, 1.82) is 0 Å². The highest BCUT2D eigenvalue weighted by Crippen LogP contribution is 2.08. The topological polar surface area (TPSA) is 61.8 Å². The number of methoxy groups -OCH3 is 1. The first-order valence-electron chi connectivity index (χ1n) is 6.38. The first-order chi connectivity index (χ1) is 9.19. The molecule has 1 unspecified atom stereocenters. The van der Waals surface area contributed by atoms with Crippen molar-refractivity contribution in [2.24, 2.45) is 0 Å². The normalized spacial score (nSPS) is 12.4. The van der Waals surface area contributed by atoms with Crippen molar-refractivity contribution in [3.63, 3.8) is 0 Å². The molecule has 1 aromatic carbocycles. The van der Waals surface area contributed by atoms with Gasteiger partial charge >= 0.3 is 0 Å². The summed E-state index contributed by atoms with van der Waals surface area (Å²) in [6, 6.07) is 9.01. The Hall–Kier alpha value is -1.43. The summed E-state index contributed by atoms with van der Waals surface area (Å²) in [6.45, 7) is 3.44. The number of ether oxygens (including phenoxy) is 1. The summed E-state index contributed by atoms with van der Waals surface area (Å²) in [5.74, 6) is -0.0873. The molecule has 5 nitrogen and oxygen atoms in total. The summed E-state index contributed by atoms with van der Waals surface area (Å²) in [5.41, 5.74) is 0.773. The Morgan fingerprint density at radius 3 is 2.63 bits per heavy atom. The lowest BCUT2D eigenvalue weighted by atomic mass is 10.2. The average molecular weight is 266 g/mol. The zero-order valence-corrected chi connectivity index (χ0v) is 11.5. The van der Waals surface area contributed by atoms with Gasteiger partial charge in [-0.1, -0.05) is 18.2 Å². The van der Waals surface area contributed by atoms with E-state index in [0.717, 1.165) is 5.69 Å². The van der Waals surface area contributed by atoms with Crippen molar-refractivity contribution in [3.8, 4) is 0 Å². The van der Waals surface area contributed by atoms with Crippen LogP contribution < -0.4 is 5.32 Å². The maximum Gasteiger partial charge on any atom is 0.241 e. The number of nitrogens with zero attached hydrogens (tertiary/aromatic N) is 1. The van der Waals surface area contributed by atoms with Gasteiger partial charge in [0.05, 0.1) is 19.3 Å². The van der Waals surface area contributed by atoms with Crippen LogP contribution in [0.2, 0.25) is 0 Å². The molecule has 0 saturated carbocycles. The molecule has 0 heterocycles. The number of rotatable bonds is 8. The number of hydrogen-bond donors (Lipinski definition) is 2. The van der Waals surface area contributed by atoms with Gasteiger partial charge < -0.3 is 15.2 Å². The van der Waals surface area contributed by atoms with E-state index < -0.39 is 0 Å². The quantitative estimate of drug-likeness (QED) is 0.735. The monoisotopic (exact) mass is 266 g/mol. The first-order valence-corrected chi connectivity index (χ1v) is 6.38. The Morgan fingerprint density at radius 1 is 1.37 bits per heavy atom. The van der Waals surface area contributed by atoms with Gasteiger partial charge in [-0.15, -0.1) is 0 Å². The molecule has 0 fully saturated rings. The highest BCUT2D eigenvalue weighted by Gasteiger charge is 2.20. The number of para-hydroxylation sites is 1. The first kappa shape index (κ1) is 15.6. The van der Waals surface area contributed by atoms with Crippen molar-refractivity contribution in [3.05, 3.63) is 30.3 Å². The lowest BCUT2D eigenvalue weighted by Crippen LogP contribution is -2.44. The van der Waals surface area contributed by atoms with Crippen molar-refractivity contribution in [2.45, 2.75) is 13.0 Å². The van der Waals surface area contributed by atoms with Crippen molar-refractivity contribution in [1.82, 2.24) is 4.90 Å². The maximum atomic E-state index is 12.1. The fourth-order valence-corrected chi connectivity index (χ4v) is 1.77. The molecule has 2 N–H and O–H groups in total. The molecular formula is C14H22N2O3. The third-order valence-electron chi connectivity index (χ3n) is 2.94. The highest BCUT2D eigenvalue weighted by atomic mass is 16.5. The Kier molecular flexibility index (Phi) is 7.10. The number of aliphatic hydroxyl groups is 1. The average Bonchev–Trinajstić information content (AvgIpc) is 2.43. The van der Waals surface area contributed by atoms with Crippen LogP contribution in [0.1, 0.15) is 6.92 Å². The SMILES string of the molecule is COCCN(CCO)C(C)C(=O)Nc1ccccc1. The summed E-state index contributed by atoms with van der Waals surface area (Å²) < 4.78 is 5.01. The van der Waals surface area contributed by atoms with Gasteiger partial charge in [0.15, 0.2) is 0 Å². The molecule has 0 aliphatic carbocycles.